The average Bonchev–Trinajstić information content (AvgIpc) is 2.92. The SMILES string of the molecule is CCC1(CNC(=O)CCC(C)N)CC1. The van der Waals surface area contributed by atoms with Crippen LogP contribution in [-0.4, -0.2) is 18.5 Å². The van der Waals surface area contributed by atoms with E-state index in [-0.39, 0.29) is 11.9 Å². The third-order valence-corrected chi connectivity index (χ3v) is 3.19. The first kappa shape index (κ1) is 11.5. The van der Waals surface area contributed by atoms with Crippen LogP contribution in [0.25, 0.3) is 0 Å². The number of amides is 1. The van der Waals surface area contributed by atoms with Crippen LogP contribution < -0.4 is 11.1 Å². The first-order chi connectivity index (χ1) is 6.58. The molecule has 1 fully saturated rings. The Kier molecular flexibility index (Phi) is 3.93. The normalized spacial score (nSPS) is 20.2. The van der Waals surface area contributed by atoms with E-state index in [0.717, 1.165) is 13.0 Å². The van der Waals surface area contributed by atoms with Crippen LogP contribution in [0, 0.1) is 5.41 Å². The summed E-state index contributed by atoms with van der Waals surface area (Å²) in [6, 6.07) is 0.127. The molecule has 0 radical (unpaired) electrons. The van der Waals surface area contributed by atoms with Gasteiger partial charge in [-0.1, -0.05) is 6.92 Å². The zero-order chi connectivity index (χ0) is 10.6. The highest BCUT2D eigenvalue weighted by atomic mass is 16.1. The molecule has 3 nitrogen and oxygen atoms in total. The van der Waals surface area contributed by atoms with Crippen molar-refractivity contribution in [3.63, 3.8) is 0 Å². The Labute approximate surface area is 86.4 Å². The maximum atomic E-state index is 11.4. The Hall–Kier alpha value is -0.570. The molecule has 0 aromatic rings. The van der Waals surface area contributed by atoms with E-state index in [1.807, 2.05) is 6.92 Å². The minimum atomic E-state index is 0.127. The Balaban J connectivity index is 2.09. The molecular formula is C11H22N2O. The number of carbonyl (C=O) groups excluding carboxylic acids is 1. The van der Waals surface area contributed by atoms with E-state index in [0.29, 0.717) is 11.8 Å². The lowest BCUT2D eigenvalue weighted by atomic mass is 10.0. The van der Waals surface area contributed by atoms with Crippen molar-refractivity contribution in [1.29, 1.82) is 0 Å². The lowest BCUT2D eigenvalue weighted by Gasteiger charge is -2.13. The van der Waals surface area contributed by atoms with Crippen LogP contribution in [0.4, 0.5) is 0 Å². The highest BCUT2D eigenvalue weighted by molar-refractivity contribution is 5.75. The number of rotatable bonds is 6. The summed E-state index contributed by atoms with van der Waals surface area (Å²) < 4.78 is 0. The molecule has 0 aromatic carbocycles. The van der Waals surface area contributed by atoms with E-state index in [1.54, 1.807) is 0 Å². The van der Waals surface area contributed by atoms with Crippen molar-refractivity contribution in [3.8, 4) is 0 Å². The summed E-state index contributed by atoms with van der Waals surface area (Å²) in [4.78, 5) is 11.4. The lowest BCUT2D eigenvalue weighted by molar-refractivity contribution is -0.121. The van der Waals surface area contributed by atoms with Crippen molar-refractivity contribution >= 4 is 5.91 Å². The molecule has 14 heavy (non-hydrogen) atoms. The molecule has 82 valence electrons. The van der Waals surface area contributed by atoms with Crippen molar-refractivity contribution in [2.75, 3.05) is 6.54 Å². The van der Waals surface area contributed by atoms with E-state index in [9.17, 15) is 4.79 Å². The molecule has 0 heterocycles. The maximum Gasteiger partial charge on any atom is 0.220 e. The average molecular weight is 198 g/mol. The second-order valence-electron chi connectivity index (χ2n) is 4.65. The molecule has 1 saturated carbocycles. The molecule has 1 unspecified atom stereocenters. The van der Waals surface area contributed by atoms with Crippen LogP contribution in [0.1, 0.15) is 46.0 Å². The Morgan fingerprint density at radius 1 is 1.57 bits per heavy atom. The number of nitrogens with two attached hydrogens (primary N) is 1. The molecule has 0 spiro atoms. The van der Waals surface area contributed by atoms with Crippen LogP contribution in [0.3, 0.4) is 0 Å². The lowest BCUT2D eigenvalue weighted by Crippen LogP contribution is -2.31. The fourth-order valence-corrected chi connectivity index (χ4v) is 1.57. The van der Waals surface area contributed by atoms with Gasteiger partial charge in [0.05, 0.1) is 0 Å². The van der Waals surface area contributed by atoms with Gasteiger partial charge in [-0.25, -0.2) is 0 Å². The number of hydrogen-bond donors (Lipinski definition) is 2. The van der Waals surface area contributed by atoms with Gasteiger partial charge < -0.3 is 11.1 Å². The molecule has 1 aliphatic rings. The quantitative estimate of drug-likeness (QED) is 0.678. The minimum absolute atomic E-state index is 0.127. The van der Waals surface area contributed by atoms with Gasteiger partial charge in [0.15, 0.2) is 0 Å². The standard InChI is InChI=1S/C11H22N2O/c1-3-11(6-7-11)8-13-10(14)5-4-9(2)12/h9H,3-8,12H2,1-2H3,(H,13,14). The third-order valence-electron chi connectivity index (χ3n) is 3.19. The van der Waals surface area contributed by atoms with Crippen molar-refractivity contribution in [2.45, 2.75) is 52.0 Å². The van der Waals surface area contributed by atoms with Crippen molar-refractivity contribution < 1.29 is 4.79 Å². The van der Waals surface area contributed by atoms with Gasteiger partial charge in [-0.3, -0.25) is 4.79 Å². The monoisotopic (exact) mass is 198 g/mol. The molecular weight excluding hydrogens is 176 g/mol. The summed E-state index contributed by atoms with van der Waals surface area (Å²) in [5.74, 6) is 0.155. The topological polar surface area (TPSA) is 55.1 Å². The summed E-state index contributed by atoms with van der Waals surface area (Å²) in [5.41, 5.74) is 6.03. The molecule has 0 saturated heterocycles. The summed E-state index contributed by atoms with van der Waals surface area (Å²) >= 11 is 0. The van der Waals surface area contributed by atoms with E-state index >= 15 is 0 Å². The largest absolute Gasteiger partial charge is 0.356 e. The Morgan fingerprint density at radius 3 is 2.64 bits per heavy atom. The summed E-state index contributed by atoms with van der Waals surface area (Å²) in [7, 11) is 0. The van der Waals surface area contributed by atoms with Crippen LogP contribution >= 0.6 is 0 Å². The van der Waals surface area contributed by atoms with E-state index in [1.165, 1.54) is 19.3 Å². The van der Waals surface area contributed by atoms with E-state index in [4.69, 9.17) is 5.73 Å². The second-order valence-corrected chi connectivity index (χ2v) is 4.65. The summed E-state index contributed by atoms with van der Waals surface area (Å²) in [6.07, 6.45) is 5.08. The number of hydrogen-bond acceptors (Lipinski definition) is 2. The van der Waals surface area contributed by atoms with Gasteiger partial charge in [-0.05, 0) is 38.0 Å². The van der Waals surface area contributed by atoms with Crippen molar-refractivity contribution in [1.82, 2.24) is 5.32 Å². The van der Waals surface area contributed by atoms with Crippen LogP contribution in [-0.2, 0) is 4.79 Å². The summed E-state index contributed by atoms with van der Waals surface area (Å²) in [6.45, 7) is 4.99. The van der Waals surface area contributed by atoms with Crippen LogP contribution in [0.5, 0.6) is 0 Å². The first-order valence-electron chi connectivity index (χ1n) is 5.60. The minimum Gasteiger partial charge on any atom is -0.356 e. The number of nitrogens with one attached hydrogen (secondary N) is 1. The predicted molar refractivity (Wildman–Crippen MR) is 57.9 cm³/mol. The van der Waals surface area contributed by atoms with Gasteiger partial charge in [0.25, 0.3) is 0 Å². The smallest absolute Gasteiger partial charge is 0.220 e. The number of carbonyl (C=O) groups is 1. The van der Waals surface area contributed by atoms with Gasteiger partial charge in [0.2, 0.25) is 5.91 Å². The van der Waals surface area contributed by atoms with Gasteiger partial charge in [-0.15, -0.1) is 0 Å². The molecule has 1 amide bonds. The van der Waals surface area contributed by atoms with Crippen molar-refractivity contribution in [2.24, 2.45) is 11.1 Å². The van der Waals surface area contributed by atoms with Crippen LogP contribution in [0.2, 0.25) is 0 Å². The fourth-order valence-electron chi connectivity index (χ4n) is 1.57. The summed E-state index contributed by atoms with van der Waals surface area (Å²) in [5, 5.41) is 3.00. The molecule has 1 atom stereocenters. The van der Waals surface area contributed by atoms with Gasteiger partial charge in [0.1, 0.15) is 0 Å². The highest BCUT2D eigenvalue weighted by Crippen LogP contribution is 2.47. The molecule has 1 aliphatic carbocycles. The second kappa shape index (κ2) is 4.78. The molecule has 0 aromatic heterocycles. The predicted octanol–water partition coefficient (Wildman–Crippen LogP) is 1.42. The molecule has 0 bridgehead atoms. The maximum absolute atomic E-state index is 11.4. The third kappa shape index (κ3) is 3.66. The van der Waals surface area contributed by atoms with Gasteiger partial charge >= 0.3 is 0 Å². The zero-order valence-corrected chi connectivity index (χ0v) is 9.31. The molecule has 3 N–H and O–H groups in total. The van der Waals surface area contributed by atoms with E-state index < -0.39 is 0 Å². The zero-order valence-electron chi connectivity index (χ0n) is 9.31. The van der Waals surface area contributed by atoms with Crippen molar-refractivity contribution in [3.05, 3.63) is 0 Å². The molecule has 1 rings (SSSR count). The van der Waals surface area contributed by atoms with Gasteiger partial charge in [0, 0.05) is 19.0 Å². The Morgan fingerprint density at radius 2 is 2.21 bits per heavy atom. The van der Waals surface area contributed by atoms with E-state index in [2.05, 4.69) is 12.2 Å². The van der Waals surface area contributed by atoms with Gasteiger partial charge in [-0.2, -0.15) is 0 Å². The van der Waals surface area contributed by atoms with Crippen LogP contribution in [0.15, 0.2) is 0 Å². The Bertz CT molecular complexity index is 197. The highest BCUT2D eigenvalue weighted by Gasteiger charge is 2.40. The molecule has 3 heteroatoms. The molecule has 0 aliphatic heterocycles. The first-order valence-corrected chi connectivity index (χ1v) is 5.60. The fraction of sp³-hybridized carbons (Fsp3) is 0.909.